The summed E-state index contributed by atoms with van der Waals surface area (Å²) in [6.07, 6.45) is 4.55. The Labute approximate surface area is 132 Å². The van der Waals surface area contributed by atoms with Crippen molar-refractivity contribution in [3.8, 4) is 5.75 Å². The van der Waals surface area contributed by atoms with Crippen LogP contribution in [0.5, 0.6) is 5.75 Å². The Hall–Kier alpha value is -2.90. The van der Waals surface area contributed by atoms with Gasteiger partial charge in [-0.05, 0) is 18.1 Å². The molecule has 120 valence electrons. The predicted octanol–water partition coefficient (Wildman–Crippen LogP) is 1.66. The highest BCUT2D eigenvalue weighted by atomic mass is 16.6. The monoisotopic (exact) mass is 316 g/mol. The van der Waals surface area contributed by atoms with Gasteiger partial charge in [0.1, 0.15) is 5.75 Å². The number of aromatic nitrogens is 2. The van der Waals surface area contributed by atoms with Crippen molar-refractivity contribution in [2.45, 2.75) is 12.3 Å². The molecule has 1 aromatic carbocycles. The lowest BCUT2D eigenvalue weighted by Crippen LogP contribution is -2.28. The normalized spacial score (nSPS) is 17.4. The zero-order chi connectivity index (χ0) is 16.6. The fourth-order valence-corrected chi connectivity index (χ4v) is 2.85. The number of aryl methyl sites for hydroxylation is 1. The maximum atomic E-state index is 12.5. The first kappa shape index (κ1) is 15.0. The van der Waals surface area contributed by atoms with E-state index in [-0.39, 0.29) is 28.8 Å². The highest BCUT2D eigenvalue weighted by Crippen LogP contribution is 2.30. The van der Waals surface area contributed by atoms with E-state index in [0.717, 1.165) is 18.1 Å². The topological polar surface area (TPSA) is 102 Å². The molecule has 0 radical (unpaired) electrons. The molecular formula is C15H16N4O4. The SMILES string of the molecule is Cn1cc([C@@H]2CCN(C(=O)c3ccc([N+](=O)[O-])cc3O)C2)cn1. The number of phenolic OH excluding ortho intramolecular Hbond substituents is 1. The number of phenols is 1. The van der Waals surface area contributed by atoms with E-state index in [1.807, 2.05) is 13.2 Å². The van der Waals surface area contributed by atoms with Gasteiger partial charge >= 0.3 is 0 Å². The molecule has 1 amide bonds. The van der Waals surface area contributed by atoms with E-state index in [0.29, 0.717) is 13.1 Å². The number of hydrogen-bond donors (Lipinski definition) is 1. The molecule has 1 saturated heterocycles. The molecule has 1 aromatic heterocycles. The molecule has 0 unspecified atom stereocenters. The van der Waals surface area contributed by atoms with E-state index in [1.54, 1.807) is 15.8 Å². The number of amides is 1. The second kappa shape index (κ2) is 5.71. The maximum Gasteiger partial charge on any atom is 0.273 e. The Kier molecular flexibility index (Phi) is 3.73. The lowest BCUT2D eigenvalue weighted by atomic mass is 10.0. The zero-order valence-electron chi connectivity index (χ0n) is 12.5. The van der Waals surface area contributed by atoms with Crippen molar-refractivity contribution in [2.24, 2.45) is 7.05 Å². The number of rotatable bonds is 3. The van der Waals surface area contributed by atoms with Gasteiger partial charge < -0.3 is 10.0 Å². The molecular weight excluding hydrogens is 300 g/mol. The van der Waals surface area contributed by atoms with Crippen LogP contribution in [0.25, 0.3) is 0 Å². The van der Waals surface area contributed by atoms with E-state index in [9.17, 15) is 20.0 Å². The average molecular weight is 316 g/mol. The van der Waals surface area contributed by atoms with Crippen molar-refractivity contribution >= 4 is 11.6 Å². The first-order valence-electron chi connectivity index (χ1n) is 7.21. The highest BCUT2D eigenvalue weighted by Gasteiger charge is 2.30. The van der Waals surface area contributed by atoms with Crippen LogP contribution in [0.4, 0.5) is 5.69 Å². The molecule has 1 fully saturated rings. The number of carbonyl (C=O) groups excluding carboxylic acids is 1. The quantitative estimate of drug-likeness (QED) is 0.685. The van der Waals surface area contributed by atoms with Crippen LogP contribution in [0.1, 0.15) is 28.3 Å². The lowest BCUT2D eigenvalue weighted by molar-refractivity contribution is -0.384. The first-order valence-corrected chi connectivity index (χ1v) is 7.21. The molecule has 1 atom stereocenters. The van der Waals surface area contributed by atoms with Crippen molar-refractivity contribution in [1.29, 1.82) is 0 Å². The van der Waals surface area contributed by atoms with Gasteiger partial charge in [-0.3, -0.25) is 19.6 Å². The third-order valence-corrected chi connectivity index (χ3v) is 4.09. The third-order valence-electron chi connectivity index (χ3n) is 4.09. The summed E-state index contributed by atoms with van der Waals surface area (Å²) in [5.41, 5.74) is 0.923. The van der Waals surface area contributed by atoms with Gasteiger partial charge in [0.05, 0.1) is 22.7 Å². The van der Waals surface area contributed by atoms with Gasteiger partial charge in [0, 0.05) is 38.3 Å². The lowest BCUT2D eigenvalue weighted by Gasteiger charge is -2.17. The molecule has 23 heavy (non-hydrogen) atoms. The van der Waals surface area contributed by atoms with Gasteiger partial charge in [-0.2, -0.15) is 5.10 Å². The summed E-state index contributed by atoms with van der Waals surface area (Å²) < 4.78 is 1.72. The summed E-state index contributed by atoms with van der Waals surface area (Å²) in [6, 6.07) is 3.52. The second-order valence-electron chi connectivity index (χ2n) is 5.64. The van der Waals surface area contributed by atoms with Crippen molar-refractivity contribution in [3.05, 3.63) is 51.8 Å². The number of benzene rings is 1. The molecule has 1 aliphatic heterocycles. The third kappa shape index (κ3) is 2.87. The van der Waals surface area contributed by atoms with E-state index in [2.05, 4.69) is 5.10 Å². The maximum absolute atomic E-state index is 12.5. The van der Waals surface area contributed by atoms with Crippen molar-refractivity contribution in [1.82, 2.24) is 14.7 Å². The fourth-order valence-electron chi connectivity index (χ4n) is 2.85. The molecule has 2 aromatic rings. The van der Waals surface area contributed by atoms with Crippen LogP contribution in [0.3, 0.4) is 0 Å². The van der Waals surface area contributed by atoms with Crippen molar-refractivity contribution in [2.75, 3.05) is 13.1 Å². The standard InChI is InChI=1S/C15H16N4O4/c1-17-8-11(7-16-17)10-4-5-18(9-10)15(21)13-3-2-12(19(22)23)6-14(13)20/h2-3,6-8,10,20H,4-5,9H2,1H3/t10-/m1/s1. The van der Waals surface area contributed by atoms with Gasteiger partial charge in [-0.25, -0.2) is 0 Å². The molecule has 1 N–H and O–H groups in total. The Bertz CT molecular complexity index is 771. The summed E-state index contributed by atoms with van der Waals surface area (Å²) in [6.45, 7) is 1.12. The van der Waals surface area contributed by atoms with Gasteiger partial charge in [0.25, 0.3) is 11.6 Å². The van der Waals surface area contributed by atoms with Crippen LogP contribution < -0.4 is 0 Å². The Morgan fingerprint density at radius 3 is 2.87 bits per heavy atom. The molecule has 8 heteroatoms. The molecule has 0 bridgehead atoms. The summed E-state index contributed by atoms with van der Waals surface area (Å²) in [4.78, 5) is 24.2. The van der Waals surface area contributed by atoms with Crippen LogP contribution in [0.2, 0.25) is 0 Å². The molecule has 2 heterocycles. The minimum Gasteiger partial charge on any atom is -0.507 e. The van der Waals surface area contributed by atoms with Crippen LogP contribution in [0.15, 0.2) is 30.6 Å². The van der Waals surface area contributed by atoms with Gasteiger partial charge in [-0.1, -0.05) is 0 Å². The second-order valence-corrected chi connectivity index (χ2v) is 5.64. The number of nitro groups is 1. The molecule has 8 nitrogen and oxygen atoms in total. The average Bonchev–Trinajstić information content (AvgIpc) is 3.15. The fraction of sp³-hybridized carbons (Fsp3) is 0.333. The number of hydrogen-bond acceptors (Lipinski definition) is 5. The minimum atomic E-state index is -0.609. The molecule has 3 rings (SSSR count). The summed E-state index contributed by atoms with van der Waals surface area (Å²) >= 11 is 0. The number of aromatic hydroxyl groups is 1. The Morgan fingerprint density at radius 2 is 2.26 bits per heavy atom. The molecule has 0 aliphatic carbocycles. The number of likely N-dealkylation sites (tertiary alicyclic amines) is 1. The smallest absolute Gasteiger partial charge is 0.273 e. The summed E-state index contributed by atoms with van der Waals surface area (Å²) in [7, 11) is 1.84. The number of carbonyl (C=O) groups is 1. The van der Waals surface area contributed by atoms with E-state index in [4.69, 9.17) is 0 Å². The van der Waals surface area contributed by atoms with E-state index < -0.39 is 4.92 Å². The highest BCUT2D eigenvalue weighted by molar-refractivity contribution is 5.97. The predicted molar refractivity (Wildman–Crippen MR) is 81.2 cm³/mol. The molecule has 0 spiro atoms. The van der Waals surface area contributed by atoms with Gasteiger partial charge in [0.2, 0.25) is 0 Å². The minimum absolute atomic E-state index is 0.0856. The Balaban J connectivity index is 1.75. The molecule has 1 aliphatic rings. The number of nitro benzene ring substituents is 1. The van der Waals surface area contributed by atoms with E-state index in [1.165, 1.54) is 12.1 Å². The van der Waals surface area contributed by atoms with Crippen molar-refractivity contribution < 1.29 is 14.8 Å². The Morgan fingerprint density at radius 1 is 1.48 bits per heavy atom. The van der Waals surface area contributed by atoms with Crippen LogP contribution in [-0.2, 0) is 7.05 Å². The summed E-state index contributed by atoms with van der Waals surface area (Å²) in [5, 5.41) is 24.7. The van der Waals surface area contributed by atoms with Gasteiger partial charge in [0.15, 0.2) is 0 Å². The van der Waals surface area contributed by atoms with Gasteiger partial charge in [-0.15, -0.1) is 0 Å². The first-order chi connectivity index (χ1) is 11.0. The largest absolute Gasteiger partial charge is 0.507 e. The zero-order valence-corrected chi connectivity index (χ0v) is 12.5. The van der Waals surface area contributed by atoms with Crippen LogP contribution in [0, 0.1) is 10.1 Å². The summed E-state index contributed by atoms with van der Waals surface area (Å²) in [5.74, 6) is -0.467. The molecule has 0 saturated carbocycles. The van der Waals surface area contributed by atoms with Crippen molar-refractivity contribution in [3.63, 3.8) is 0 Å². The van der Waals surface area contributed by atoms with E-state index >= 15 is 0 Å². The van der Waals surface area contributed by atoms with Crippen LogP contribution in [-0.4, -0.2) is 43.7 Å². The number of non-ortho nitro benzene ring substituents is 1. The van der Waals surface area contributed by atoms with Crippen LogP contribution >= 0.6 is 0 Å². The number of nitrogens with zero attached hydrogens (tertiary/aromatic N) is 4.